The molecular weight excluding hydrogens is 448 g/mol. The van der Waals surface area contributed by atoms with Crippen LogP contribution in [0.2, 0.25) is 5.02 Å². The molecule has 34 heavy (non-hydrogen) atoms. The van der Waals surface area contributed by atoms with Crippen LogP contribution in [-0.2, 0) is 0 Å². The smallest absolute Gasteiger partial charge is 0.262 e. The number of hydrogen-bond donors (Lipinski definition) is 0. The molecule has 1 amide bonds. The van der Waals surface area contributed by atoms with Crippen molar-refractivity contribution < 1.29 is 14.3 Å². The van der Waals surface area contributed by atoms with Crippen LogP contribution in [0.15, 0.2) is 66.7 Å². The van der Waals surface area contributed by atoms with Crippen molar-refractivity contribution in [1.29, 1.82) is 0 Å². The van der Waals surface area contributed by atoms with Crippen LogP contribution in [0, 0.1) is 5.92 Å². The number of carbonyl (C=O) groups is 1. The van der Waals surface area contributed by atoms with Crippen LogP contribution >= 0.6 is 11.6 Å². The van der Waals surface area contributed by atoms with E-state index in [4.69, 9.17) is 21.1 Å². The average molecular weight is 477 g/mol. The van der Waals surface area contributed by atoms with Crippen LogP contribution in [0.4, 0.5) is 5.69 Å². The Kier molecular flexibility index (Phi) is 6.48. The molecule has 0 radical (unpaired) electrons. The number of amides is 1. The minimum Gasteiger partial charge on any atom is -0.491 e. The lowest BCUT2D eigenvalue weighted by molar-refractivity contribution is 0.0131. The van der Waals surface area contributed by atoms with Gasteiger partial charge in [-0.25, -0.2) is 0 Å². The Morgan fingerprint density at radius 1 is 1.00 bits per heavy atom. The van der Waals surface area contributed by atoms with E-state index < -0.39 is 0 Å². The third-order valence-electron chi connectivity index (χ3n) is 6.21. The van der Waals surface area contributed by atoms with Gasteiger partial charge < -0.3 is 14.4 Å². The van der Waals surface area contributed by atoms with Crippen LogP contribution in [-0.4, -0.2) is 49.7 Å². The number of benzene rings is 3. The monoisotopic (exact) mass is 476 g/mol. The normalized spacial score (nSPS) is 16.6. The third-order valence-corrected chi connectivity index (χ3v) is 6.46. The molecule has 0 unspecified atom stereocenters. The van der Waals surface area contributed by atoms with E-state index in [1.54, 1.807) is 4.90 Å². The molecule has 176 valence electrons. The Hall–Kier alpha value is -3.02. The summed E-state index contributed by atoms with van der Waals surface area (Å²) >= 11 is 6.01. The van der Waals surface area contributed by atoms with Gasteiger partial charge in [0.2, 0.25) is 0 Å². The molecule has 2 heterocycles. The van der Waals surface area contributed by atoms with E-state index >= 15 is 0 Å². The number of halogens is 1. The van der Waals surface area contributed by atoms with Gasteiger partial charge in [-0.3, -0.25) is 9.69 Å². The molecule has 0 aliphatic carbocycles. The first-order chi connectivity index (χ1) is 16.5. The molecule has 0 N–H and O–H groups in total. The molecule has 6 heteroatoms. The van der Waals surface area contributed by atoms with Gasteiger partial charge >= 0.3 is 0 Å². The summed E-state index contributed by atoms with van der Waals surface area (Å²) in [7, 11) is 0. The molecule has 2 aliphatic heterocycles. The van der Waals surface area contributed by atoms with Crippen LogP contribution < -0.4 is 14.4 Å². The van der Waals surface area contributed by atoms with Crippen LogP contribution in [0.1, 0.15) is 24.2 Å². The summed E-state index contributed by atoms with van der Waals surface area (Å²) < 4.78 is 12.1. The molecule has 2 aliphatic rings. The number of carbonyl (C=O) groups excluding carboxylic acids is 1. The SMILES string of the molecule is CC(C)CN1CC(Oc2ccc(N3CCOc4cc(-c5ccc(Cl)cc5)ccc4C3=O)cc2)C1. The van der Waals surface area contributed by atoms with Gasteiger partial charge in [0.05, 0.1) is 12.1 Å². The topological polar surface area (TPSA) is 42.0 Å². The largest absolute Gasteiger partial charge is 0.491 e. The number of nitrogens with zero attached hydrogens (tertiary/aromatic N) is 2. The maximum atomic E-state index is 13.4. The van der Waals surface area contributed by atoms with Crippen LogP contribution in [0.25, 0.3) is 11.1 Å². The highest BCUT2D eigenvalue weighted by molar-refractivity contribution is 6.30. The van der Waals surface area contributed by atoms with Crippen molar-refractivity contribution in [2.75, 3.05) is 37.7 Å². The van der Waals surface area contributed by atoms with E-state index in [1.165, 1.54) is 0 Å². The van der Waals surface area contributed by atoms with E-state index in [-0.39, 0.29) is 12.0 Å². The zero-order valence-electron chi connectivity index (χ0n) is 19.5. The molecule has 0 aromatic heterocycles. The van der Waals surface area contributed by atoms with Gasteiger partial charge in [0.25, 0.3) is 5.91 Å². The predicted octanol–water partition coefficient (Wildman–Crippen LogP) is 5.77. The third kappa shape index (κ3) is 4.91. The van der Waals surface area contributed by atoms with E-state index in [0.29, 0.717) is 35.4 Å². The van der Waals surface area contributed by atoms with Crippen LogP contribution in [0.3, 0.4) is 0 Å². The molecule has 0 saturated carbocycles. The van der Waals surface area contributed by atoms with Crippen LogP contribution in [0.5, 0.6) is 11.5 Å². The first-order valence-electron chi connectivity index (χ1n) is 11.8. The van der Waals surface area contributed by atoms with E-state index in [0.717, 1.165) is 42.2 Å². The lowest BCUT2D eigenvalue weighted by Crippen LogP contribution is -2.54. The number of rotatable bonds is 6. The van der Waals surface area contributed by atoms with E-state index in [2.05, 4.69) is 18.7 Å². The average Bonchev–Trinajstić information content (AvgIpc) is 2.97. The van der Waals surface area contributed by atoms with Crippen molar-refractivity contribution in [1.82, 2.24) is 4.90 Å². The highest BCUT2D eigenvalue weighted by atomic mass is 35.5. The Bertz CT molecular complexity index is 1160. The fourth-order valence-corrected chi connectivity index (χ4v) is 4.67. The summed E-state index contributed by atoms with van der Waals surface area (Å²) in [6, 6.07) is 21.2. The highest BCUT2D eigenvalue weighted by Crippen LogP contribution is 2.32. The molecule has 0 spiro atoms. The Balaban J connectivity index is 1.27. The van der Waals surface area contributed by atoms with Crippen molar-refractivity contribution >= 4 is 23.2 Å². The molecular formula is C28H29ClN2O3. The maximum Gasteiger partial charge on any atom is 0.262 e. The van der Waals surface area contributed by atoms with Gasteiger partial charge in [-0.15, -0.1) is 0 Å². The van der Waals surface area contributed by atoms with E-state index in [9.17, 15) is 4.79 Å². The fourth-order valence-electron chi connectivity index (χ4n) is 4.54. The van der Waals surface area contributed by atoms with Crippen molar-refractivity contribution in [3.63, 3.8) is 0 Å². The zero-order valence-corrected chi connectivity index (χ0v) is 20.3. The molecule has 0 atom stereocenters. The van der Waals surface area contributed by atoms with Crippen molar-refractivity contribution in [3.8, 4) is 22.6 Å². The summed E-state index contributed by atoms with van der Waals surface area (Å²) in [4.78, 5) is 17.5. The molecule has 5 nitrogen and oxygen atoms in total. The molecule has 3 aromatic carbocycles. The van der Waals surface area contributed by atoms with E-state index in [1.807, 2.05) is 66.7 Å². The first-order valence-corrected chi connectivity index (χ1v) is 12.2. The first kappa shape index (κ1) is 22.8. The molecule has 3 aromatic rings. The molecule has 1 fully saturated rings. The van der Waals surface area contributed by atoms with Gasteiger partial charge in [0.15, 0.2) is 0 Å². The second-order valence-electron chi connectivity index (χ2n) is 9.37. The summed E-state index contributed by atoms with van der Waals surface area (Å²) in [6.07, 6.45) is 0.236. The van der Waals surface area contributed by atoms with Crippen molar-refractivity contribution in [2.24, 2.45) is 5.92 Å². The second-order valence-corrected chi connectivity index (χ2v) is 9.81. The van der Waals surface area contributed by atoms with Gasteiger partial charge in [-0.05, 0) is 65.6 Å². The summed E-state index contributed by atoms with van der Waals surface area (Å²) in [5.74, 6) is 2.05. The van der Waals surface area contributed by atoms with Crippen molar-refractivity contribution in [3.05, 3.63) is 77.3 Å². The molecule has 5 rings (SSSR count). The summed E-state index contributed by atoms with van der Waals surface area (Å²) in [5.41, 5.74) is 3.42. The molecule has 0 bridgehead atoms. The zero-order chi connectivity index (χ0) is 23.7. The lowest BCUT2D eigenvalue weighted by atomic mass is 10.0. The van der Waals surface area contributed by atoms with Gasteiger partial charge in [-0.2, -0.15) is 0 Å². The number of hydrogen-bond acceptors (Lipinski definition) is 4. The van der Waals surface area contributed by atoms with Crippen molar-refractivity contribution in [2.45, 2.75) is 20.0 Å². The summed E-state index contributed by atoms with van der Waals surface area (Å²) in [6.45, 7) is 8.43. The van der Waals surface area contributed by atoms with Gasteiger partial charge in [-0.1, -0.05) is 43.6 Å². The quantitative estimate of drug-likeness (QED) is 0.453. The number of likely N-dealkylation sites (tertiary alicyclic amines) is 1. The number of ether oxygens (including phenoxy) is 2. The Morgan fingerprint density at radius 2 is 1.71 bits per heavy atom. The van der Waals surface area contributed by atoms with Gasteiger partial charge in [0, 0.05) is 30.3 Å². The molecule has 1 saturated heterocycles. The standard InChI is InChI=1S/C28H29ClN2O3/c1-19(2)16-30-17-25(18-30)34-24-10-8-23(9-11-24)31-13-14-33-27-15-21(5-12-26(27)28(31)32)20-3-6-22(29)7-4-20/h3-12,15,19,25H,13-14,16-18H2,1-2H3. The second kappa shape index (κ2) is 9.69. The minimum absolute atomic E-state index is 0.0628. The van der Waals surface area contributed by atoms with Gasteiger partial charge in [0.1, 0.15) is 24.2 Å². The Morgan fingerprint density at radius 3 is 2.41 bits per heavy atom. The minimum atomic E-state index is -0.0628. The summed E-state index contributed by atoms with van der Waals surface area (Å²) in [5, 5.41) is 0.692. The lowest BCUT2D eigenvalue weighted by Gasteiger charge is -2.39. The maximum absolute atomic E-state index is 13.4. The fraction of sp³-hybridized carbons (Fsp3) is 0.321. The Labute approximate surface area is 205 Å². The predicted molar refractivity (Wildman–Crippen MR) is 136 cm³/mol. The number of anilines is 1. The highest BCUT2D eigenvalue weighted by Gasteiger charge is 2.29. The number of fused-ring (bicyclic) bond motifs is 1.